The summed E-state index contributed by atoms with van der Waals surface area (Å²) in [5, 5.41) is 9.38. The van der Waals surface area contributed by atoms with Crippen molar-refractivity contribution in [3.8, 4) is 6.07 Å². The zero-order chi connectivity index (χ0) is 13.0. The minimum atomic E-state index is -0.0105. The molecule has 0 aliphatic heterocycles. The van der Waals surface area contributed by atoms with Gasteiger partial charge in [0.15, 0.2) is 0 Å². The predicted molar refractivity (Wildman–Crippen MR) is 74.5 cm³/mol. The molecule has 0 fully saturated rings. The van der Waals surface area contributed by atoms with Gasteiger partial charge in [0.1, 0.15) is 0 Å². The Labute approximate surface area is 112 Å². The molecule has 2 unspecified atom stereocenters. The molecule has 2 nitrogen and oxygen atoms in total. The Kier molecular flexibility index (Phi) is 5.17. The van der Waals surface area contributed by atoms with Gasteiger partial charge in [0.25, 0.3) is 0 Å². The molecular weight excluding hydrogens is 276 g/mol. The van der Waals surface area contributed by atoms with Crippen molar-refractivity contribution in [2.45, 2.75) is 19.9 Å². The van der Waals surface area contributed by atoms with Gasteiger partial charge >= 0.3 is 0 Å². The molecule has 0 saturated carbocycles. The third-order valence-corrected chi connectivity index (χ3v) is 3.71. The maximum atomic E-state index is 9.38. The number of hydrogen-bond donors (Lipinski definition) is 0. The fourth-order valence-corrected chi connectivity index (χ4v) is 2.61. The summed E-state index contributed by atoms with van der Waals surface area (Å²) in [4.78, 5) is 2.12. The molecule has 0 amide bonds. The van der Waals surface area contributed by atoms with Crippen LogP contribution in [0.3, 0.4) is 0 Å². The van der Waals surface area contributed by atoms with Crippen LogP contribution in [0.4, 0.5) is 0 Å². The second kappa shape index (κ2) is 6.18. The summed E-state index contributed by atoms with van der Waals surface area (Å²) in [6, 6.07) is 10.7. The number of halogens is 1. The van der Waals surface area contributed by atoms with Gasteiger partial charge in [-0.05, 0) is 31.6 Å². The van der Waals surface area contributed by atoms with Crippen molar-refractivity contribution in [1.29, 1.82) is 5.26 Å². The molecule has 0 N–H and O–H groups in total. The predicted octanol–water partition coefficient (Wildman–Crippen LogP) is 3.85. The topological polar surface area (TPSA) is 27.0 Å². The summed E-state index contributed by atoms with van der Waals surface area (Å²) < 4.78 is 1.07. The molecule has 0 saturated heterocycles. The Balaban J connectivity index is 3.19. The number of nitrogens with zero attached hydrogens (tertiary/aromatic N) is 2. The first-order valence-electron chi connectivity index (χ1n) is 5.79. The van der Waals surface area contributed by atoms with Crippen LogP contribution in [0.5, 0.6) is 0 Å². The van der Waals surface area contributed by atoms with Crippen LogP contribution in [-0.2, 0) is 0 Å². The number of benzene rings is 1. The second-order valence-electron chi connectivity index (χ2n) is 4.83. The number of nitriles is 1. The van der Waals surface area contributed by atoms with Gasteiger partial charge < -0.3 is 4.90 Å². The largest absolute Gasteiger partial charge is 0.301 e. The van der Waals surface area contributed by atoms with Crippen molar-refractivity contribution < 1.29 is 0 Å². The standard InChI is InChI=1S/C14H19BrN2/c1-10(2)12(9-16)14(17(3)4)11-7-5-6-8-13(11)15/h5-8,10,12,14H,1-4H3. The first-order chi connectivity index (χ1) is 7.99. The second-order valence-corrected chi connectivity index (χ2v) is 5.68. The molecule has 0 heterocycles. The lowest BCUT2D eigenvalue weighted by Crippen LogP contribution is -2.29. The van der Waals surface area contributed by atoms with Crippen LogP contribution in [-0.4, -0.2) is 19.0 Å². The minimum absolute atomic E-state index is 0.0105. The van der Waals surface area contributed by atoms with Crippen molar-refractivity contribution in [1.82, 2.24) is 4.90 Å². The number of hydrogen-bond acceptors (Lipinski definition) is 2. The maximum absolute atomic E-state index is 9.38. The van der Waals surface area contributed by atoms with Crippen LogP contribution in [0.1, 0.15) is 25.5 Å². The highest BCUT2D eigenvalue weighted by Gasteiger charge is 2.28. The minimum Gasteiger partial charge on any atom is -0.301 e. The summed E-state index contributed by atoms with van der Waals surface area (Å²) in [5.41, 5.74) is 1.18. The summed E-state index contributed by atoms with van der Waals surface area (Å²) in [7, 11) is 4.05. The normalized spacial score (nSPS) is 14.7. The fraction of sp³-hybridized carbons (Fsp3) is 0.500. The first-order valence-corrected chi connectivity index (χ1v) is 6.58. The molecule has 0 spiro atoms. The van der Waals surface area contributed by atoms with E-state index in [1.165, 1.54) is 5.56 Å². The maximum Gasteiger partial charge on any atom is 0.0683 e. The molecule has 92 valence electrons. The molecule has 0 aliphatic rings. The molecule has 0 aliphatic carbocycles. The van der Waals surface area contributed by atoms with E-state index in [0.717, 1.165) is 4.47 Å². The SMILES string of the molecule is CC(C)C(C#N)C(c1ccccc1Br)N(C)C. The van der Waals surface area contributed by atoms with Crippen LogP contribution in [0, 0.1) is 23.2 Å². The summed E-state index contributed by atoms with van der Waals surface area (Å²) in [6.45, 7) is 4.20. The Morgan fingerprint density at radius 3 is 2.24 bits per heavy atom. The molecule has 0 bridgehead atoms. The van der Waals surface area contributed by atoms with E-state index in [1.807, 2.05) is 32.3 Å². The quantitative estimate of drug-likeness (QED) is 0.843. The van der Waals surface area contributed by atoms with Gasteiger partial charge in [-0.1, -0.05) is 48.0 Å². The van der Waals surface area contributed by atoms with Crippen molar-refractivity contribution in [2.24, 2.45) is 11.8 Å². The smallest absolute Gasteiger partial charge is 0.0683 e. The summed E-state index contributed by atoms with van der Waals surface area (Å²) in [5.74, 6) is 0.322. The van der Waals surface area contributed by atoms with Crippen molar-refractivity contribution in [3.63, 3.8) is 0 Å². The van der Waals surface area contributed by atoms with E-state index in [2.05, 4.69) is 46.8 Å². The van der Waals surface area contributed by atoms with Crippen molar-refractivity contribution in [3.05, 3.63) is 34.3 Å². The van der Waals surface area contributed by atoms with Gasteiger partial charge in [0.05, 0.1) is 18.0 Å². The van der Waals surface area contributed by atoms with Gasteiger partial charge in [-0.15, -0.1) is 0 Å². The molecule has 1 rings (SSSR count). The van der Waals surface area contributed by atoms with Crippen LogP contribution < -0.4 is 0 Å². The van der Waals surface area contributed by atoms with E-state index in [-0.39, 0.29) is 12.0 Å². The van der Waals surface area contributed by atoms with Gasteiger partial charge in [-0.3, -0.25) is 0 Å². The third-order valence-electron chi connectivity index (χ3n) is 2.99. The van der Waals surface area contributed by atoms with E-state index in [9.17, 15) is 5.26 Å². The van der Waals surface area contributed by atoms with E-state index >= 15 is 0 Å². The monoisotopic (exact) mass is 294 g/mol. The molecule has 0 radical (unpaired) electrons. The lowest BCUT2D eigenvalue weighted by atomic mass is 9.85. The molecule has 17 heavy (non-hydrogen) atoms. The highest BCUT2D eigenvalue weighted by atomic mass is 79.9. The molecule has 1 aromatic rings. The Morgan fingerprint density at radius 2 is 1.82 bits per heavy atom. The van der Waals surface area contributed by atoms with Gasteiger partial charge in [-0.2, -0.15) is 5.26 Å². The average molecular weight is 295 g/mol. The van der Waals surface area contributed by atoms with Crippen LogP contribution in [0.25, 0.3) is 0 Å². The van der Waals surface area contributed by atoms with Gasteiger partial charge in [-0.25, -0.2) is 0 Å². The summed E-state index contributed by atoms with van der Waals surface area (Å²) >= 11 is 3.58. The van der Waals surface area contributed by atoms with Gasteiger partial charge in [0, 0.05) is 4.47 Å². The Hall–Kier alpha value is -0.850. The average Bonchev–Trinajstić information content (AvgIpc) is 2.26. The Bertz CT molecular complexity index is 407. The molecule has 2 atom stereocenters. The number of rotatable bonds is 4. The van der Waals surface area contributed by atoms with E-state index in [0.29, 0.717) is 5.92 Å². The lowest BCUT2D eigenvalue weighted by molar-refractivity contribution is 0.209. The zero-order valence-electron chi connectivity index (χ0n) is 10.8. The van der Waals surface area contributed by atoms with Gasteiger partial charge in [0.2, 0.25) is 0 Å². The highest BCUT2D eigenvalue weighted by molar-refractivity contribution is 9.10. The molecule has 3 heteroatoms. The van der Waals surface area contributed by atoms with Crippen LogP contribution in [0.2, 0.25) is 0 Å². The zero-order valence-corrected chi connectivity index (χ0v) is 12.4. The van der Waals surface area contributed by atoms with Crippen molar-refractivity contribution in [2.75, 3.05) is 14.1 Å². The molecule has 0 aromatic heterocycles. The van der Waals surface area contributed by atoms with Crippen LogP contribution >= 0.6 is 15.9 Å². The van der Waals surface area contributed by atoms with Crippen LogP contribution in [0.15, 0.2) is 28.7 Å². The highest BCUT2D eigenvalue weighted by Crippen LogP contribution is 2.35. The fourth-order valence-electron chi connectivity index (χ4n) is 2.09. The third kappa shape index (κ3) is 3.31. The Morgan fingerprint density at radius 1 is 1.24 bits per heavy atom. The first kappa shape index (κ1) is 14.2. The lowest BCUT2D eigenvalue weighted by Gasteiger charge is -2.31. The van der Waals surface area contributed by atoms with Crippen molar-refractivity contribution >= 4 is 15.9 Å². The van der Waals surface area contributed by atoms with E-state index in [1.54, 1.807) is 0 Å². The van der Waals surface area contributed by atoms with E-state index < -0.39 is 0 Å². The van der Waals surface area contributed by atoms with E-state index in [4.69, 9.17) is 0 Å². The molecular formula is C14H19BrN2. The summed E-state index contributed by atoms with van der Waals surface area (Å²) in [6.07, 6.45) is 0. The molecule has 1 aromatic carbocycles.